The Labute approximate surface area is 169 Å². The van der Waals surface area contributed by atoms with E-state index in [1.165, 1.54) is 22.8 Å². The lowest BCUT2D eigenvalue weighted by atomic mass is 10.1. The van der Waals surface area contributed by atoms with Gasteiger partial charge in [0.1, 0.15) is 6.04 Å². The summed E-state index contributed by atoms with van der Waals surface area (Å²) >= 11 is 1.37. The summed E-state index contributed by atoms with van der Waals surface area (Å²) in [6.45, 7) is 8.20. The summed E-state index contributed by atoms with van der Waals surface area (Å²) in [6, 6.07) is 15.8. The fourth-order valence-electron chi connectivity index (χ4n) is 3.96. The van der Waals surface area contributed by atoms with Crippen molar-refractivity contribution in [2.24, 2.45) is 0 Å². The molecule has 5 nitrogen and oxygen atoms in total. The number of carbonyl (C=O) groups is 1. The molecule has 3 aromatic rings. The van der Waals surface area contributed by atoms with Gasteiger partial charge in [-0.05, 0) is 50.6 Å². The molecule has 0 N–H and O–H groups in total. The highest BCUT2D eigenvalue weighted by Crippen LogP contribution is 2.24. The Balaban J connectivity index is 1.51. The fourth-order valence-corrected chi connectivity index (χ4v) is 4.99. The lowest BCUT2D eigenvalue weighted by Gasteiger charge is -2.42. The Hall–Kier alpha value is -2.60. The van der Waals surface area contributed by atoms with Gasteiger partial charge in [-0.25, -0.2) is 0 Å². The SMILES string of the molecule is Cc1cccc(N2CCN(C(=O)[C@@H](C)n3sc4ccccc4c3=O)C[C@@H]2C)c1. The molecule has 6 heteroatoms. The Morgan fingerprint density at radius 1 is 1.14 bits per heavy atom. The van der Waals surface area contributed by atoms with Crippen LogP contribution in [0.3, 0.4) is 0 Å². The number of hydrogen-bond donors (Lipinski definition) is 0. The molecule has 1 aliphatic rings. The third-order valence-corrected chi connectivity index (χ3v) is 6.73. The van der Waals surface area contributed by atoms with Gasteiger partial charge in [-0.2, -0.15) is 0 Å². The van der Waals surface area contributed by atoms with Gasteiger partial charge >= 0.3 is 0 Å². The van der Waals surface area contributed by atoms with Gasteiger partial charge in [-0.3, -0.25) is 13.5 Å². The number of aryl methyl sites for hydroxylation is 1. The number of anilines is 1. The number of hydrogen-bond acceptors (Lipinski definition) is 4. The van der Waals surface area contributed by atoms with Crippen LogP contribution in [0.5, 0.6) is 0 Å². The number of carbonyl (C=O) groups excluding carboxylic acids is 1. The number of fused-ring (bicyclic) bond motifs is 1. The van der Waals surface area contributed by atoms with Crippen molar-refractivity contribution in [1.29, 1.82) is 0 Å². The standard InChI is InChI=1S/C22H25N3O2S/c1-15-7-6-8-18(13-15)24-12-11-23(14-16(24)2)21(26)17(3)25-22(27)19-9-4-5-10-20(19)28-25/h4-10,13,16-17H,11-12,14H2,1-3H3/t16-,17+/m0/s1. The first-order valence-corrected chi connectivity index (χ1v) is 10.5. The van der Waals surface area contributed by atoms with Crippen molar-refractivity contribution in [2.75, 3.05) is 24.5 Å². The molecule has 1 saturated heterocycles. The Morgan fingerprint density at radius 2 is 1.93 bits per heavy atom. The van der Waals surface area contributed by atoms with Crippen molar-refractivity contribution < 1.29 is 4.79 Å². The summed E-state index contributed by atoms with van der Waals surface area (Å²) in [6.07, 6.45) is 0. The average molecular weight is 396 g/mol. The molecule has 28 heavy (non-hydrogen) atoms. The van der Waals surface area contributed by atoms with Gasteiger partial charge in [0.2, 0.25) is 5.91 Å². The van der Waals surface area contributed by atoms with E-state index in [2.05, 4.69) is 43.0 Å². The maximum atomic E-state index is 13.1. The molecule has 0 unspecified atom stereocenters. The van der Waals surface area contributed by atoms with Crippen molar-refractivity contribution in [3.8, 4) is 0 Å². The van der Waals surface area contributed by atoms with E-state index in [4.69, 9.17) is 0 Å². The van der Waals surface area contributed by atoms with E-state index in [-0.39, 0.29) is 17.5 Å². The molecule has 1 aliphatic heterocycles. The Morgan fingerprint density at radius 3 is 2.64 bits per heavy atom. The zero-order chi connectivity index (χ0) is 19.8. The quantitative estimate of drug-likeness (QED) is 0.680. The molecule has 0 radical (unpaired) electrons. The number of amides is 1. The smallest absolute Gasteiger partial charge is 0.269 e. The van der Waals surface area contributed by atoms with Gasteiger partial charge in [0, 0.05) is 31.4 Å². The van der Waals surface area contributed by atoms with Crippen LogP contribution in [0.25, 0.3) is 10.1 Å². The zero-order valence-corrected chi connectivity index (χ0v) is 17.3. The van der Waals surface area contributed by atoms with E-state index in [1.54, 1.807) is 3.96 Å². The third kappa shape index (κ3) is 3.33. The van der Waals surface area contributed by atoms with Crippen LogP contribution < -0.4 is 10.5 Å². The lowest BCUT2D eigenvalue weighted by molar-refractivity contribution is -0.134. The van der Waals surface area contributed by atoms with Gasteiger partial charge in [0.25, 0.3) is 5.56 Å². The van der Waals surface area contributed by atoms with Gasteiger partial charge in [-0.1, -0.05) is 35.8 Å². The highest BCUT2D eigenvalue weighted by atomic mass is 32.1. The summed E-state index contributed by atoms with van der Waals surface area (Å²) in [5, 5.41) is 0.685. The number of aromatic nitrogens is 1. The van der Waals surface area contributed by atoms with Crippen molar-refractivity contribution >= 4 is 33.2 Å². The molecule has 146 valence electrons. The van der Waals surface area contributed by atoms with E-state index < -0.39 is 6.04 Å². The van der Waals surface area contributed by atoms with E-state index in [9.17, 15) is 9.59 Å². The van der Waals surface area contributed by atoms with Crippen LogP contribution in [0.4, 0.5) is 5.69 Å². The molecule has 4 rings (SSSR count). The maximum absolute atomic E-state index is 13.1. The predicted molar refractivity (Wildman–Crippen MR) is 115 cm³/mol. The number of piperazine rings is 1. The van der Waals surface area contributed by atoms with Crippen LogP contribution in [0.2, 0.25) is 0 Å². The third-order valence-electron chi connectivity index (χ3n) is 5.50. The summed E-state index contributed by atoms with van der Waals surface area (Å²) in [7, 11) is 0. The van der Waals surface area contributed by atoms with E-state index in [1.807, 2.05) is 36.1 Å². The van der Waals surface area contributed by atoms with Crippen molar-refractivity contribution in [2.45, 2.75) is 32.9 Å². The normalized spacial score (nSPS) is 18.5. The monoisotopic (exact) mass is 395 g/mol. The minimum Gasteiger partial charge on any atom is -0.365 e. The van der Waals surface area contributed by atoms with E-state index in [0.29, 0.717) is 18.5 Å². The highest BCUT2D eigenvalue weighted by molar-refractivity contribution is 7.14. The molecule has 1 fully saturated rings. The summed E-state index contributed by atoms with van der Waals surface area (Å²) in [4.78, 5) is 30.1. The molecule has 0 saturated carbocycles. The lowest BCUT2D eigenvalue weighted by Crippen LogP contribution is -2.55. The second-order valence-electron chi connectivity index (χ2n) is 7.56. The number of benzene rings is 2. The predicted octanol–water partition coefficient (Wildman–Crippen LogP) is 3.67. The fraction of sp³-hybridized carbons (Fsp3) is 0.364. The highest BCUT2D eigenvalue weighted by Gasteiger charge is 2.31. The minimum atomic E-state index is -0.484. The van der Waals surface area contributed by atoms with Crippen LogP contribution in [-0.2, 0) is 4.79 Å². The zero-order valence-electron chi connectivity index (χ0n) is 16.5. The van der Waals surface area contributed by atoms with Crippen molar-refractivity contribution in [1.82, 2.24) is 8.86 Å². The molecule has 0 bridgehead atoms. The molecule has 2 atom stereocenters. The van der Waals surface area contributed by atoms with Gasteiger partial charge in [0.05, 0.1) is 10.1 Å². The van der Waals surface area contributed by atoms with Gasteiger partial charge < -0.3 is 9.80 Å². The van der Waals surface area contributed by atoms with Crippen LogP contribution in [0, 0.1) is 6.92 Å². The average Bonchev–Trinajstić information content (AvgIpc) is 3.03. The van der Waals surface area contributed by atoms with E-state index >= 15 is 0 Å². The van der Waals surface area contributed by atoms with Crippen LogP contribution in [0.1, 0.15) is 25.5 Å². The molecule has 1 amide bonds. The minimum absolute atomic E-state index is 0.0180. The maximum Gasteiger partial charge on any atom is 0.269 e. The van der Waals surface area contributed by atoms with Crippen molar-refractivity contribution in [3.63, 3.8) is 0 Å². The Kier molecular flexibility index (Phi) is 4.98. The molecule has 1 aromatic heterocycles. The molecule has 0 aliphatic carbocycles. The first kappa shape index (κ1) is 18.7. The molecular weight excluding hydrogens is 370 g/mol. The number of nitrogens with zero attached hydrogens (tertiary/aromatic N) is 3. The van der Waals surface area contributed by atoms with Crippen LogP contribution in [0.15, 0.2) is 53.3 Å². The molecular formula is C22H25N3O2S. The number of rotatable bonds is 3. The molecule has 2 aromatic carbocycles. The van der Waals surface area contributed by atoms with Crippen LogP contribution >= 0.6 is 11.5 Å². The first-order valence-electron chi connectivity index (χ1n) is 9.68. The largest absolute Gasteiger partial charge is 0.365 e. The summed E-state index contributed by atoms with van der Waals surface area (Å²) in [5.74, 6) is 0.0180. The topological polar surface area (TPSA) is 45.5 Å². The first-order chi connectivity index (χ1) is 13.5. The Bertz CT molecular complexity index is 1070. The van der Waals surface area contributed by atoms with Crippen molar-refractivity contribution in [3.05, 3.63) is 64.4 Å². The van der Waals surface area contributed by atoms with Crippen LogP contribution in [-0.4, -0.2) is 40.4 Å². The second kappa shape index (κ2) is 7.43. The molecule has 0 spiro atoms. The van der Waals surface area contributed by atoms with Gasteiger partial charge in [-0.15, -0.1) is 0 Å². The summed E-state index contributed by atoms with van der Waals surface area (Å²) < 4.78 is 2.54. The second-order valence-corrected chi connectivity index (χ2v) is 8.58. The molecule has 2 heterocycles. The van der Waals surface area contributed by atoms with E-state index in [0.717, 1.165) is 11.2 Å². The summed E-state index contributed by atoms with van der Waals surface area (Å²) in [5.41, 5.74) is 2.36. The van der Waals surface area contributed by atoms with Gasteiger partial charge in [0.15, 0.2) is 0 Å².